The van der Waals surface area contributed by atoms with Crippen LogP contribution in [-0.2, 0) is 4.79 Å². The maximum absolute atomic E-state index is 13.9. The molecule has 0 radical (unpaired) electrons. The number of hydrogen-bond acceptors (Lipinski definition) is 4. The minimum Gasteiger partial charge on any atom is -0.480 e. The third-order valence-corrected chi connectivity index (χ3v) is 3.70. The molecule has 1 aromatic heterocycles. The second-order valence-electron chi connectivity index (χ2n) is 4.88. The Bertz CT molecular complexity index is 689. The van der Waals surface area contributed by atoms with Gasteiger partial charge in [0.2, 0.25) is 0 Å². The van der Waals surface area contributed by atoms with Crippen molar-refractivity contribution in [1.29, 1.82) is 0 Å². The van der Waals surface area contributed by atoms with Crippen LogP contribution in [0.1, 0.15) is 12.8 Å². The first-order chi connectivity index (χ1) is 9.59. The van der Waals surface area contributed by atoms with Crippen molar-refractivity contribution in [3.8, 4) is 0 Å². The van der Waals surface area contributed by atoms with Gasteiger partial charge < -0.3 is 15.7 Å². The predicted octanol–water partition coefficient (Wildman–Crippen LogP) is 2.01. The number of hydrogen-bond donors (Lipinski definition) is 2. The highest BCUT2D eigenvalue weighted by Crippen LogP contribution is 2.34. The lowest BCUT2D eigenvalue weighted by molar-refractivity contribution is -0.138. The van der Waals surface area contributed by atoms with Gasteiger partial charge in [0.25, 0.3) is 0 Å². The zero-order valence-corrected chi connectivity index (χ0v) is 10.7. The van der Waals surface area contributed by atoms with Crippen LogP contribution in [0.5, 0.6) is 0 Å². The average Bonchev–Trinajstić information content (AvgIpc) is 2.92. The van der Waals surface area contributed by atoms with Gasteiger partial charge in [0.15, 0.2) is 0 Å². The van der Waals surface area contributed by atoms with Crippen molar-refractivity contribution >= 4 is 28.2 Å². The Morgan fingerprint density at radius 3 is 3.00 bits per heavy atom. The minimum atomic E-state index is -0.892. The topological polar surface area (TPSA) is 79.5 Å². The van der Waals surface area contributed by atoms with Crippen LogP contribution in [0.4, 0.5) is 15.9 Å². The van der Waals surface area contributed by atoms with E-state index in [1.807, 2.05) is 0 Å². The van der Waals surface area contributed by atoms with Crippen molar-refractivity contribution in [2.75, 3.05) is 17.2 Å². The highest BCUT2D eigenvalue weighted by molar-refractivity contribution is 6.02. The molecule has 1 aromatic carbocycles. The molecule has 1 aliphatic rings. The van der Waals surface area contributed by atoms with Crippen molar-refractivity contribution in [2.45, 2.75) is 18.9 Å². The fourth-order valence-corrected chi connectivity index (χ4v) is 2.77. The van der Waals surface area contributed by atoms with Crippen LogP contribution in [0.2, 0.25) is 0 Å². The number of aliphatic carboxylic acids is 1. The summed E-state index contributed by atoms with van der Waals surface area (Å²) in [5, 5.41) is 10.1. The summed E-state index contributed by atoms with van der Waals surface area (Å²) in [6.45, 7) is 0.582. The lowest BCUT2D eigenvalue weighted by Gasteiger charge is -2.24. The SMILES string of the molecule is Nc1ccc(F)c2ccnc(N3CCCC3C(=O)O)c12. The van der Waals surface area contributed by atoms with E-state index in [4.69, 9.17) is 5.73 Å². The number of fused-ring (bicyclic) bond motifs is 1. The fraction of sp³-hybridized carbons (Fsp3) is 0.286. The molecule has 0 amide bonds. The van der Waals surface area contributed by atoms with Gasteiger partial charge in [0, 0.05) is 23.8 Å². The zero-order valence-electron chi connectivity index (χ0n) is 10.7. The number of carboxylic acids is 1. The number of nitrogen functional groups attached to an aromatic ring is 1. The molecular weight excluding hydrogens is 261 g/mol. The number of pyridine rings is 1. The molecule has 1 saturated heterocycles. The summed E-state index contributed by atoms with van der Waals surface area (Å²) in [6.07, 6.45) is 2.81. The van der Waals surface area contributed by atoms with Crippen molar-refractivity contribution < 1.29 is 14.3 Å². The molecule has 1 atom stereocenters. The van der Waals surface area contributed by atoms with Crippen LogP contribution in [0, 0.1) is 5.82 Å². The number of rotatable bonds is 2. The highest BCUT2D eigenvalue weighted by atomic mass is 19.1. The average molecular weight is 275 g/mol. The second kappa shape index (κ2) is 4.63. The number of nitrogens with two attached hydrogens (primary N) is 1. The Kier molecular flexibility index (Phi) is 2.93. The van der Waals surface area contributed by atoms with Gasteiger partial charge in [-0.1, -0.05) is 0 Å². The maximum atomic E-state index is 13.9. The van der Waals surface area contributed by atoms with Gasteiger partial charge in [0.1, 0.15) is 17.7 Å². The van der Waals surface area contributed by atoms with E-state index in [1.165, 1.54) is 18.3 Å². The molecule has 1 aliphatic heterocycles. The molecule has 3 N–H and O–H groups in total. The van der Waals surface area contributed by atoms with Crippen LogP contribution in [0.3, 0.4) is 0 Å². The Morgan fingerprint density at radius 1 is 1.45 bits per heavy atom. The Hall–Kier alpha value is -2.37. The summed E-state index contributed by atoms with van der Waals surface area (Å²) in [7, 11) is 0. The van der Waals surface area contributed by atoms with Gasteiger partial charge in [-0.05, 0) is 31.0 Å². The summed E-state index contributed by atoms with van der Waals surface area (Å²) in [5.74, 6) is -0.829. The molecule has 0 spiro atoms. The lowest BCUT2D eigenvalue weighted by atomic mass is 10.1. The third kappa shape index (κ3) is 1.84. The zero-order chi connectivity index (χ0) is 14.3. The first kappa shape index (κ1) is 12.7. The van der Waals surface area contributed by atoms with Crippen molar-refractivity contribution in [2.24, 2.45) is 0 Å². The number of carbonyl (C=O) groups is 1. The van der Waals surface area contributed by atoms with E-state index < -0.39 is 12.0 Å². The Labute approximate surface area is 114 Å². The van der Waals surface area contributed by atoms with Gasteiger partial charge in [-0.15, -0.1) is 0 Å². The molecular formula is C14H14FN3O2. The van der Waals surface area contributed by atoms with Gasteiger partial charge >= 0.3 is 5.97 Å². The molecule has 2 aromatic rings. The first-order valence-corrected chi connectivity index (χ1v) is 6.41. The highest BCUT2D eigenvalue weighted by Gasteiger charge is 2.32. The largest absolute Gasteiger partial charge is 0.480 e. The second-order valence-corrected chi connectivity index (χ2v) is 4.88. The molecule has 5 nitrogen and oxygen atoms in total. The molecule has 104 valence electrons. The summed E-state index contributed by atoms with van der Waals surface area (Å²) >= 11 is 0. The Morgan fingerprint density at radius 2 is 2.25 bits per heavy atom. The van der Waals surface area contributed by atoms with Crippen LogP contribution in [0.25, 0.3) is 10.8 Å². The van der Waals surface area contributed by atoms with E-state index in [1.54, 1.807) is 11.0 Å². The first-order valence-electron chi connectivity index (χ1n) is 6.41. The van der Waals surface area contributed by atoms with Gasteiger partial charge in [-0.2, -0.15) is 0 Å². The Balaban J connectivity index is 2.22. The smallest absolute Gasteiger partial charge is 0.326 e. The standard InChI is InChI=1S/C14H14FN3O2/c15-9-3-4-10(16)12-8(9)5-6-17-13(12)18-7-1-2-11(18)14(19)20/h3-6,11H,1-2,7,16H2,(H,19,20). The van der Waals surface area contributed by atoms with Crippen LogP contribution in [0.15, 0.2) is 24.4 Å². The summed E-state index contributed by atoms with van der Waals surface area (Å²) in [4.78, 5) is 17.2. The molecule has 1 unspecified atom stereocenters. The molecule has 0 bridgehead atoms. The van der Waals surface area contributed by atoms with Crippen LogP contribution >= 0.6 is 0 Å². The quantitative estimate of drug-likeness (QED) is 0.820. The fourth-order valence-electron chi connectivity index (χ4n) is 2.77. The molecule has 6 heteroatoms. The monoisotopic (exact) mass is 275 g/mol. The number of carboxylic acid groups (broad SMARTS) is 1. The molecule has 1 fully saturated rings. The third-order valence-electron chi connectivity index (χ3n) is 3.70. The summed E-state index contributed by atoms with van der Waals surface area (Å²) in [6, 6.07) is 3.71. The van der Waals surface area contributed by atoms with Crippen molar-refractivity contribution in [1.82, 2.24) is 4.98 Å². The number of benzene rings is 1. The lowest BCUT2D eigenvalue weighted by Crippen LogP contribution is -2.36. The normalized spacial score (nSPS) is 18.6. The van der Waals surface area contributed by atoms with Gasteiger partial charge in [0.05, 0.1) is 5.39 Å². The van der Waals surface area contributed by atoms with Gasteiger partial charge in [-0.3, -0.25) is 0 Å². The number of halogens is 1. The number of aromatic nitrogens is 1. The van der Waals surface area contributed by atoms with Crippen LogP contribution < -0.4 is 10.6 Å². The predicted molar refractivity (Wildman–Crippen MR) is 74.1 cm³/mol. The van der Waals surface area contributed by atoms with E-state index in [9.17, 15) is 14.3 Å². The number of anilines is 2. The minimum absolute atomic E-state index is 0.367. The maximum Gasteiger partial charge on any atom is 0.326 e. The van der Waals surface area contributed by atoms with E-state index in [0.717, 1.165) is 6.42 Å². The van der Waals surface area contributed by atoms with Crippen LogP contribution in [-0.4, -0.2) is 28.6 Å². The van der Waals surface area contributed by atoms with Gasteiger partial charge in [-0.25, -0.2) is 14.2 Å². The molecule has 2 heterocycles. The molecule has 3 rings (SSSR count). The summed E-state index contributed by atoms with van der Waals surface area (Å²) < 4.78 is 13.9. The van der Waals surface area contributed by atoms with E-state index in [2.05, 4.69) is 4.98 Å². The summed E-state index contributed by atoms with van der Waals surface area (Å²) in [5.41, 5.74) is 6.34. The molecule has 20 heavy (non-hydrogen) atoms. The van der Waals surface area contributed by atoms with E-state index >= 15 is 0 Å². The van der Waals surface area contributed by atoms with E-state index in [-0.39, 0.29) is 5.82 Å². The molecule has 0 saturated carbocycles. The van der Waals surface area contributed by atoms with Crippen molar-refractivity contribution in [3.05, 3.63) is 30.2 Å². The van der Waals surface area contributed by atoms with E-state index in [0.29, 0.717) is 35.2 Å². The van der Waals surface area contributed by atoms with Crippen molar-refractivity contribution in [3.63, 3.8) is 0 Å². The molecule has 0 aliphatic carbocycles. The number of nitrogens with zero attached hydrogens (tertiary/aromatic N) is 2.